The van der Waals surface area contributed by atoms with E-state index in [0.29, 0.717) is 6.42 Å². The third-order valence-corrected chi connectivity index (χ3v) is 7.14. The summed E-state index contributed by atoms with van der Waals surface area (Å²) in [6.45, 7) is 13.2. The standard InChI is InChI=1S/C28H45N3O4S/c1-8-28(6,7)31(25(33)22(18-36)30-26(34)35-27(3,4)5)23(20-16-14-19(2)15-17-20)24(32)29-21-12-10-9-11-13-21/h14-17,21-23,36H,8-13,18H2,1-7H3,(H,29,32)(H,30,34). The van der Waals surface area contributed by atoms with E-state index in [4.69, 9.17) is 4.74 Å². The molecular formula is C28H45N3O4S. The molecule has 0 heterocycles. The SMILES string of the molecule is CCC(C)(C)N(C(=O)C(CS)NC(=O)OC(C)(C)C)C(C(=O)NC1CCCCC1)c1ccc(C)cc1. The van der Waals surface area contributed by atoms with Crippen LogP contribution in [0.4, 0.5) is 4.79 Å². The highest BCUT2D eigenvalue weighted by Gasteiger charge is 2.43. The van der Waals surface area contributed by atoms with Crippen LogP contribution in [0.25, 0.3) is 0 Å². The smallest absolute Gasteiger partial charge is 0.408 e. The fraction of sp³-hybridized carbons (Fsp3) is 0.679. The Morgan fingerprint density at radius 1 is 1.06 bits per heavy atom. The summed E-state index contributed by atoms with van der Waals surface area (Å²) in [5.41, 5.74) is 0.422. The molecule has 2 rings (SSSR count). The average Bonchev–Trinajstić information content (AvgIpc) is 2.80. The lowest BCUT2D eigenvalue weighted by Crippen LogP contribution is -2.60. The molecular weight excluding hydrogens is 474 g/mol. The van der Waals surface area contributed by atoms with Crippen molar-refractivity contribution in [3.63, 3.8) is 0 Å². The van der Waals surface area contributed by atoms with Crippen LogP contribution in [-0.4, -0.2) is 51.8 Å². The van der Waals surface area contributed by atoms with Gasteiger partial charge in [0.1, 0.15) is 17.7 Å². The molecule has 1 saturated carbocycles. The van der Waals surface area contributed by atoms with E-state index in [-0.39, 0.29) is 23.6 Å². The average molecular weight is 520 g/mol. The Labute approximate surface area is 222 Å². The van der Waals surface area contributed by atoms with Crippen molar-refractivity contribution in [3.8, 4) is 0 Å². The van der Waals surface area contributed by atoms with Crippen molar-refractivity contribution in [1.29, 1.82) is 0 Å². The van der Waals surface area contributed by atoms with Crippen molar-refractivity contribution in [3.05, 3.63) is 35.4 Å². The minimum absolute atomic E-state index is 0.0687. The van der Waals surface area contributed by atoms with Crippen molar-refractivity contribution in [1.82, 2.24) is 15.5 Å². The Morgan fingerprint density at radius 2 is 1.64 bits per heavy atom. The Kier molecular flexibility index (Phi) is 10.7. The first-order valence-electron chi connectivity index (χ1n) is 13.1. The molecule has 8 heteroatoms. The number of nitrogens with zero attached hydrogens (tertiary/aromatic N) is 1. The predicted octanol–water partition coefficient (Wildman–Crippen LogP) is 5.33. The third kappa shape index (κ3) is 8.43. The first-order chi connectivity index (χ1) is 16.8. The van der Waals surface area contributed by atoms with Gasteiger partial charge in [0.25, 0.3) is 0 Å². The lowest BCUT2D eigenvalue weighted by Gasteiger charge is -2.45. The van der Waals surface area contributed by atoms with Crippen LogP contribution in [0, 0.1) is 6.92 Å². The minimum atomic E-state index is -0.954. The van der Waals surface area contributed by atoms with Crippen molar-refractivity contribution in [2.24, 2.45) is 0 Å². The zero-order valence-electron chi connectivity index (χ0n) is 23.0. The molecule has 0 spiro atoms. The maximum Gasteiger partial charge on any atom is 0.408 e. The second-order valence-electron chi connectivity index (χ2n) is 11.4. The van der Waals surface area contributed by atoms with E-state index in [1.54, 1.807) is 25.7 Å². The molecule has 0 radical (unpaired) electrons. The molecule has 7 nitrogen and oxygen atoms in total. The number of hydrogen-bond acceptors (Lipinski definition) is 5. The number of carbonyl (C=O) groups excluding carboxylic acids is 3. The van der Waals surface area contributed by atoms with Crippen LogP contribution in [0.3, 0.4) is 0 Å². The lowest BCUT2D eigenvalue weighted by molar-refractivity contribution is -0.149. The maximum absolute atomic E-state index is 14.1. The quantitative estimate of drug-likeness (QED) is 0.385. The van der Waals surface area contributed by atoms with Gasteiger partial charge in [0.15, 0.2) is 0 Å². The van der Waals surface area contributed by atoms with E-state index in [9.17, 15) is 14.4 Å². The molecule has 1 aromatic carbocycles. The number of thiol groups is 1. The van der Waals surface area contributed by atoms with E-state index in [1.807, 2.05) is 52.0 Å². The molecule has 2 unspecified atom stereocenters. The van der Waals surface area contributed by atoms with E-state index in [1.165, 1.54) is 6.42 Å². The molecule has 0 saturated heterocycles. The Morgan fingerprint density at radius 3 is 2.14 bits per heavy atom. The number of benzene rings is 1. The highest BCUT2D eigenvalue weighted by atomic mass is 32.1. The van der Waals surface area contributed by atoms with Crippen LogP contribution in [0.15, 0.2) is 24.3 Å². The normalized spacial score (nSPS) is 16.6. The molecule has 36 heavy (non-hydrogen) atoms. The van der Waals surface area contributed by atoms with Crippen LogP contribution in [-0.2, 0) is 14.3 Å². The number of carbonyl (C=O) groups is 3. The van der Waals surface area contributed by atoms with Crippen LogP contribution < -0.4 is 10.6 Å². The van der Waals surface area contributed by atoms with Gasteiger partial charge in [0.05, 0.1) is 0 Å². The van der Waals surface area contributed by atoms with Crippen molar-refractivity contribution >= 4 is 30.5 Å². The minimum Gasteiger partial charge on any atom is -0.444 e. The summed E-state index contributed by atoms with van der Waals surface area (Å²) in [5, 5.41) is 5.90. The molecule has 1 aliphatic carbocycles. The molecule has 1 aromatic rings. The number of amides is 3. The van der Waals surface area contributed by atoms with Crippen LogP contribution in [0.5, 0.6) is 0 Å². The second kappa shape index (κ2) is 12.8. The molecule has 0 bridgehead atoms. The molecule has 0 aromatic heterocycles. The van der Waals surface area contributed by atoms with Crippen LogP contribution in [0.1, 0.15) is 97.2 Å². The lowest BCUT2D eigenvalue weighted by atomic mass is 9.91. The zero-order chi connectivity index (χ0) is 27.1. The summed E-state index contributed by atoms with van der Waals surface area (Å²) >= 11 is 4.37. The van der Waals surface area contributed by atoms with Crippen LogP contribution in [0.2, 0.25) is 0 Å². The van der Waals surface area contributed by atoms with Crippen molar-refractivity contribution in [2.45, 2.75) is 116 Å². The molecule has 3 amide bonds. The Balaban J connectivity index is 2.48. The molecule has 1 aliphatic rings. The predicted molar refractivity (Wildman–Crippen MR) is 147 cm³/mol. The first-order valence-corrected chi connectivity index (χ1v) is 13.7. The fourth-order valence-corrected chi connectivity index (χ4v) is 4.69. The van der Waals surface area contributed by atoms with Gasteiger partial charge in [-0.15, -0.1) is 0 Å². The number of nitrogens with one attached hydrogen (secondary N) is 2. The van der Waals surface area contributed by atoms with Crippen LogP contribution >= 0.6 is 12.6 Å². The van der Waals surface area contributed by atoms with Gasteiger partial charge in [-0.25, -0.2) is 4.79 Å². The largest absolute Gasteiger partial charge is 0.444 e. The van der Waals surface area contributed by atoms with Gasteiger partial charge in [-0.1, -0.05) is 56.0 Å². The number of hydrogen-bond donors (Lipinski definition) is 3. The van der Waals surface area contributed by atoms with Gasteiger partial charge in [-0.2, -0.15) is 12.6 Å². The summed E-state index contributed by atoms with van der Waals surface area (Å²) in [5.74, 6) is -0.498. The number of ether oxygens (including phenoxy) is 1. The fourth-order valence-electron chi connectivity index (χ4n) is 4.44. The van der Waals surface area contributed by atoms with Gasteiger partial charge in [-0.3, -0.25) is 9.59 Å². The van der Waals surface area contributed by atoms with Gasteiger partial charge >= 0.3 is 6.09 Å². The Bertz CT molecular complexity index is 889. The summed E-state index contributed by atoms with van der Waals surface area (Å²) in [7, 11) is 0. The van der Waals surface area contributed by atoms with Crippen molar-refractivity contribution in [2.75, 3.05) is 5.75 Å². The molecule has 2 atom stereocenters. The van der Waals surface area contributed by atoms with E-state index >= 15 is 0 Å². The van der Waals surface area contributed by atoms with Gasteiger partial charge in [0, 0.05) is 17.3 Å². The topological polar surface area (TPSA) is 87.7 Å². The first kappa shape index (κ1) is 30.0. The van der Waals surface area contributed by atoms with E-state index in [0.717, 1.165) is 36.8 Å². The molecule has 1 fully saturated rings. The van der Waals surface area contributed by atoms with Gasteiger partial charge in [0.2, 0.25) is 11.8 Å². The monoisotopic (exact) mass is 519 g/mol. The summed E-state index contributed by atoms with van der Waals surface area (Å²) < 4.78 is 5.38. The van der Waals surface area contributed by atoms with Gasteiger partial charge < -0.3 is 20.3 Å². The van der Waals surface area contributed by atoms with Crippen molar-refractivity contribution < 1.29 is 19.1 Å². The van der Waals surface area contributed by atoms with Gasteiger partial charge in [-0.05, 0) is 66.4 Å². The number of alkyl carbamates (subject to hydrolysis) is 1. The molecule has 2 N–H and O–H groups in total. The van der Waals surface area contributed by atoms with E-state index < -0.39 is 29.3 Å². The summed E-state index contributed by atoms with van der Waals surface area (Å²) in [6.07, 6.45) is 5.16. The summed E-state index contributed by atoms with van der Waals surface area (Å²) in [4.78, 5) is 42.1. The highest BCUT2D eigenvalue weighted by Crippen LogP contribution is 2.33. The second-order valence-corrected chi connectivity index (χ2v) is 11.8. The molecule has 0 aliphatic heterocycles. The van der Waals surface area contributed by atoms with E-state index in [2.05, 4.69) is 23.3 Å². The number of aryl methyl sites for hydroxylation is 1. The highest BCUT2D eigenvalue weighted by molar-refractivity contribution is 7.80. The maximum atomic E-state index is 14.1. The zero-order valence-corrected chi connectivity index (χ0v) is 23.9. The third-order valence-electron chi connectivity index (χ3n) is 6.78. The molecule has 202 valence electrons. The Hall–Kier alpha value is -2.22. The number of rotatable bonds is 9. The summed E-state index contributed by atoms with van der Waals surface area (Å²) in [6, 6.07) is 6.01.